The summed E-state index contributed by atoms with van der Waals surface area (Å²) in [7, 11) is -2.89. The van der Waals surface area contributed by atoms with Crippen LogP contribution in [0.4, 0.5) is 9.39 Å². The Bertz CT molecular complexity index is 1430. The third-order valence-electron chi connectivity index (χ3n) is 5.58. The van der Waals surface area contributed by atoms with Crippen molar-refractivity contribution in [3.8, 4) is 5.75 Å². The zero-order chi connectivity index (χ0) is 29.5. The second kappa shape index (κ2) is 13.3. The number of hydrogen-bond acceptors (Lipinski definition) is 9. The quantitative estimate of drug-likeness (QED) is 0.197. The third kappa shape index (κ3) is 8.09. The van der Waals surface area contributed by atoms with Crippen LogP contribution in [0, 0.1) is 5.82 Å². The highest BCUT2D eigenvalue weighted by molar-refractivity contribution is 7.93. The molecule has 3 aromatic rings. The predicted molar refractivity (Wildman–Crippen MR) is 150 cm³/mol. The van der Waals surface area contributed by atoms with Crippen LogP contribution in [0.3, 0.4) is 0 Å². The standard InChI is InChI=1S/C28H33FN2O7S2/c1-6-37-14-13-21(32)15-20-9-12-23(16-24(20)29)40(34,35)31(17-19-7-10-22(36-5)11-8-19)26-25(30-18-39-26)27(33)38-28(2,3)4/h7-12,16,18H,6,13-15,17H2,1-5H3. The molecule has 0 aliphatic heterocycles. The van der Waals surface area contributed by atoms with Crippen LogP contribution >= 0.6 is 11.3 Å². The van der Waals surface area contributed by atoms with E-state index in [0.29, 0.717) is 17.9 Å². The molecule has 0 saturated carbocycles. The van der Waals surface area contributed by atoms with Crippen LogP contribution < -0.4 is 9.04 Å². The molecule has 0 aliphatic rings. The Hall–Kier alpha value is -3.35. The van der Waals surface area contributed by atoms with Crippen molar-refractivity contribution < 1.29 is 36.6 Å². The van der Waals surface area contributed by atoms with Gasteiger partial charge in [0.25, 0.3) is 10.0 Å². The first-order valence-electron chi connectivity index (χ1n) is 12.6. The van der Waals surface area contributed by atoms with Crippen molar-refractivity contribution in [2.24, 2.45) is 0 Å². The van der Waals surface area contributed by atoms with E-state index in [2.05, 4.69) is 4.98 Å². The number of aromatic nitrogens is 1. The highest BCUT2D eigenvalue weighted by atomic mass is 32.2. The molecule has 0 amide bonds. The van der Waals surface area contributed by atoms with Gasteiger partial charge in [-0.15, -0.1) is 11.3 Å². The molecule has 0 bridgehead atoms. The van der Waals surface area contributed by atoms with Gasteiger partial charge in [-0.1, -0.05) is 18.2 Å². The summed E-state index contributed by atoms with van der Waals surface area (Å²) < 4.78 is 59.8. The lowest BCUT2D eigenvalue weighted by molar-refractivity contribution is -0.119. The van der Waals surface area contributed by atoms with Crippen molar-refractivity contribution in [1.29, 1.82) is 0 Å². The molecule has 0 fully saturated rings. The monoisotopic (exact) mass is 592 g/mol. The smallest absolute Gasteiger partial charge is 0.360 e. The zero-order valence-corrected chi connectivity index (χ0v) is 24.7. The largest absolute Gasteiger partial charge is 0.497 e. The molecule has 9 nitrogen and oxygen atoms in total. The van der Waals surface area contributed by atoms with Crippen LogP contribution in [-0.2, 0) is 37.3 Å². The second-order valence-electron chi connectivity index (χ2n) is 9.78. The molecule has 3 rings (SSSR count). The Morgan fingerprint density at radius 1 is 1.10 bits per heavy atom. The SMILES string of the molecule is CCOCCC(=O)Cc1ccc(S(=O)(=O)N(Cc2ccc(OC)cc2)c2scnc2C(=O)OC(C)(C)C)cc1F. The number of carbonyl (C=O) groups is 2. The maximum Gasteiger partial charge on any atom is 0.360 e. The van der Waals surface area contributed by atoms with Gasteiger partial charge in [-0.3, -0.25) is 9.10 Å². The number of carbonyl (C=O) groups excluding carboxylic acids is 2. The van der Waals surface area contributed by atoms with E-state index in [4.69, 9.17) is 14.2 Å². The number of nitrogens with zero attached hydrogens (tertiary/aromatic N) is 2. The summed E-state index contributed by atoms with van der Waals surface area (Å²) in [5, 5.41) is 0.0284. The van der Waals surface area contributed by atoms with Crippen molar-refractivity contribution in [2.75, 3.05) is 24.6 Å². The first-order valence-corrected chi connectivity index (χ1v) is 14.9. The van der Waals surface area contributed by atoms with Gasteiger partial charge in [-0.05, 0) is 63.1 Å². The molecule has 0 spiro atoms. The summed E-state index contributed by atoms with van der Waals surface area (Å²) in [6.07, 6.45) is -0.0613. The van der Waals surface area contributed by atoms with E-state index in [9.17, 15) is 18.0 Å². The van der Waals surface area contributed by atoms with Gasteiger partial charge in [0, 0.05) is 19.4 Å². The molecule has 0 saturated heterocycles. The molecular weight excluding hydrogens is 559 g/mol. The predicted octanol–water partition coefficient (Wildman–Crippen LogP) is 5.18. The number of hydrogen-bond donors (Lipinski definition) is 0. The summed E-state index contributed by atoms with van der Waals surface area (Å²) in [6.45, 7) is 7.40. The van der Waals surface area contributed by atoms with Crippen molar-refractivity contribution in [3.63, 3.8) is 0 Å². The molecule has 1 heterocycles. The van der Waals surface area contributed by atoms with Gasteiger partial charge in [-0.2, -0.15) is 0 Å². The number of esters is 1. The number of anilines is 1. The molecule has 0 aliphatic carbocycles. The maximum absolute atomic E-state index is 15.1. The molecule has 216 valence electrons. The summed E-state index contributed by atoms with van der Waals surface area (Å²) in [5.41, 5.74) is 1.01. The van der Waals surface area contributed by atoms with Crippen LogP contribution in [0.5, 0.6) is 5.75 Å². The van der Waals surface area contributed by atoms with E-state index in [1.54, 1.807) is 45.0 Å². The Morgan fingerprint density at radius 3 is 2.40 bits per heavy atom. The van der Waals surface area contributed by atoms with Crippen molar-refractivity contribution in [2.45, 2.75) is 57.6 Å². The fourth-order valence-corrected chi connectivity index (χ4v) is 6.12. The molecule has 0 N–H and O–H groups in total. The number of benzene rings is 2. The van der Waals surface area contributed by atoms with Crippen LogP contribution in [0.15, 0.2) is 52.9 Å². The van der Waals surface area contributed by atoms with E-state index in [1.165, 1.54) is 24.8 Å². The number of ether oxygens (including phenoxy) is 3. The minimum Gasteiger partial charge on any atom is -0.497 e. The van der Waals surface area contributed by atoms with Crippen LogP contribution in [0.25, 0.3) is 0 Å². The first-order chi connectivity index (χ1) is 18.9. The van der Waals surface area contributed by atoms with E-state index < -0.39 is 27.4 Å². The molecule has 1 aromatic heterocycles. The van der Waals surface area contributed by atoms with Gasteiger partial charge in [-0.25, -0.2) is 22.6 Å². The number of thiazole rings is 1. The van der Waals surface area contributed by atoms with Crippen molar-refractivity contribution >= 4 is 38.1 Å². The van der Waals surface area contributed by atoms with Crippen molar-refractivity contribution in [3.05, 3.63) is 70.6 Å². The third-order valence-corrected chi connectivity index (χ3v) is 8.29. The van der Waals surface area contributed by atoms with Gasteiger partial charge in [0.15, 0.2) is 5.69 Å². The summed E-state index contributed by atoms with van der Waals surface area (Å²) >= 11 is 0.945. The lowest BCUT2D eigenvalue weighted by atomic mass is 10.1. The van der Waals surface area contributed by atoms with Gasteiger partial charge in [0.2, 0.25) is 0 Å². The molecule has 0 atom stereocenters. The number of halogens is 1. The second-order valence-corrected chi connectivity index (χ2v) is 12.5. The molecule has 12 heteroatoms. The fraction of sp³-hybridized carbons (Fsp3) is 0.393. The summed E-state index contributed by atoms with van der Waals surface area (Å²) in [4.78, 5) is 28.9. The van der Waals surface area contributed by atoms with Gasteiger partial charge < -0.3 is 14.2 Å². The van der Waals surface area contributed by atoms with Crippen LogP contribution in [-0.4, -0.2) is 51.1 Å². The first kappa shape index (κ1) is 31.2. The van der Waals surface area contributed by atoms with Crippen LogP contribution in [0.1, 0.15) is 55.7 Å². The lowest BCUT2D eigenvalue weighted by Crippen LogP contribution is -2.32. The molecule has 2 aromatic carbocycles. The Kier molecular flexibility index (Phi) is 10.4. The normalized spacial score (nSPS) is 11.8. The van der Waals surface area contributed by atoms with Crippen molar-refractivity contribution in [1.82, 2.24) is 4.98 Å². The summed E-state index contributed by atoms with van der Waals surface area (Å²) in [6, 6.07) is 10.2. The van der Waals surface area contributed by atoms with E-state index >= 15 is 4.39 Å². The number of sulfonamides is 1. The van der Waals surface area contributed by atoms with E-state index in [1.807, 2.05) is 6.92 Å². The topological polar surface area (TPSA) is 112 Å². The van der Waals surface area contributed by atoms with Gasteiger partial charge >= 0.3 is 5.97 Å². The molecular formula is C28H33FN2O7S2. The lowest BCUT2D eigenvalue weighted by Gasteiger charge is -2.25. The van der Waals surface area contributed by atoms with E-state index in [0.717, 1.165) is 21.7 Å². The van der Waals surface area contributed by atoms with E-state index in [-0.39, 0.29) is 52.9 Å². The average molecular weight is 593 g/mol. The minimum atomic E-state index is -4.40. The minimum absolute atomic E-state index is 0.0284. The Labute approximate surface area is 237 Å². The Balaban J connectivity index is 2.00. The van der Waals surface area contributed by atoms with Crippen LogP contribution in [0.2, 0.25) is 0 Å². The zero-order valence-electron chi connectivity index (χ0n) is 23.1. The number of ketones is 1. The fourth-order valence-electron chi connectivity index (χ4n) is 3.64. The highest BCUT2D eigenvalue weighted by Gasteiger charge is 2.33. The van der Waals surface area contributed by atoms with Gasteiger partial charge in [0.05, 0.1) is 30.7 Å². The summed E-state index contributed by atoms with van der Waals surface area (Å²) in [5.74, 6) is -1.26. The molecule has 0 radical (unpaired) electrons. The molecule has 40 heavy (non-hydrogen) atoms. The highest BCUT2D eigenvalue weighted by Crippen LogP contribution is 2.34. The average Bonchev–Trinajstić information content (AvgIpc) is 3.37. The Morgan fingerprint density at radius 2 is 1.80 bits per heavy atom. The number of rotatable bonds is 13. The number of methoxy groups -OCH3 is 1. The maximum atomic E-state index is 15.1. The molecule has 0 unspecified atom stereocenters. The van der Waals surface area contributed by atoms with Gasteiger partial charge in [0.1, 0.15) is 28.0 Å². The number of Topliss-reactive ketones (excluding diaryl/α,β-unsaturated/α-hetero) is 1.